The molecule has 0 radical (unpaired) electrons. The Morgan fingerprint density at radius 1 is 1.38 bits per heavy atom. The van der Waals surface area contributed by atoms with Crippen molar-refractivity contribution in [2.24, 2.45) is 11.8 Å². The van der Waals surface area contributed by atoms with Crippen molar-refractivity contribution in [2.75, 3.05) is 25.5 Å². The summed E-state index contributed by atoms with van der Waals surface area (Å²) in [7, 11) is 0. The third kappa shape index (κ3) is 2.99. The Balaban J connectivity index is 2.71. The summed E-state index contributed by atoms with van der Waals surface area (Å²) < 4.78 is 0.838. The van der Waals surface area contributed by atoms with Gasteiger partial charge in [0.1, 0.15) is 12.6 Å². The highest BCUT2D eigenvalue weighted by Gasteiger charge is 2.42. The first kappa shape index (κ1) is 14.0. The second kappa shape index (κ2) is 6.04. The number of likely N-dealkylation sites (tertiary alicyclic amines) is 1. The summed E-state index contributed by atoms with van der Waals surface area (Å²) in [6, 6.07) is 0. The summed E-state index contributed by atoms with van der Waals surface area (Å²) in [4.78, 5) is 0. The molecule has 3 unspecified atom stereocenters. The van der Waals surface area contributed by atoms with E-state index in [4.69, 9.17) is 11.6 Å². The van der Waals surface area contributed by atoms with Crippen molar-refractivity contribution in [2.45, 2.75) is 32.8 Å². The molecule has 0 aliphatic carbocycles. The molecule has 0 amide bonds. The van der Waals surface area contributed by atoms with E-state index in [-0.39, 0.29) is 0 Å². The maximum absolute atomic E-state index is 9.74. The van der Waals surface area contributed by atoms with Gasteiger partial charge >= 0.3 is 0 Å². The molecule has 3 atom stereocenters. The minimum Gasteiger partial charge on any atom is -0.386 e. The molecule has 16 heavy (non-hydrogen) atoms. The van der Waals surface area contributed by atoms with Gasteiger partial charge in [-0.1, -0.05) is 13.8 Å². The van der Waals surface area contributed by atoms with E-state index in [1.54, 1.807) is 0 Å². The molecule has 94 valence electrons. The molecule has 0 aromatic rings. The van der Waals surface area contributed by atoms with Crippen molar-refractivity contribution in [1.29, 1.82) is 0 Å². The van der Waals surface area contributed by atoms with Gasteiger partial charge in [0.15, 0.2) is 0 Å². The summed E-state index contributed by atoms with van der Waals surface area (Å²) in [5.74, 6) is 1.86. The molecule has 0 aromatic carbocycles. The number of quaternary nitrogens is 1. The molecule has 0 aromatic heterocycles. The summed E-state index contributed by atoms with van der Waals surface area (Å²) in [6.07, 6.45) is 4.05. The fourth-order valence-corrected chi connectivity index (χ4v) is 3.17. The molecule has 0 spiro atoms. The average Bonchev–Trinajstić information content (AvgIpc) is 2.67. The zero-order valence-electron chi connectivity index (χ0n) is 10.5. The molecule has 0 saturated carbocycles. The zero-order valence-corrected chi connectivity index (χ0v) is 11.3. The molecule has 1 N–H and O–H groups in total. The number of halogens is 1. The molecule has 1 rings (SSSR count). The van der Waals surface area contributed by atoms with Crippen LogP contribution in [0.4, 0.5) is 0 Å². The Morgan fingerprint density at radius 2 is 1.88 bits per heavy atom. The predicted molar refractivity (Wildman–Crippen MR) is 69.3 cm³/mol. The fraction of sp³-hybridized carbons (Fsp3) is 0.846. The van der Waals surface area contributed by atoms with Crippen LogP contribution in [0, 0.1) is 11.8 Å². The van der Waals surface area contributed by atoms with Gasteiger partial charge in [0.05, 0.1) is 25.2 Å². The maximum Gasteiger partial charge on any atom is 0.117 e. The van der Waals surface area contributed by atoms with Gasteiger partial charge in [-0.25, -0.2) is 0 Å². The quantitative estimate of drug-likeness (QED) is 0.564. The highest BCUT2D eigenvalue weighted by atomic mass is 35.5. The van der Waals surface area contributed by atoms with Gasteiger partial charge in [-0.05, 0) is 19.4 Å². The van der Waals surface area contributed by atoms with E-state index in [1.807, 2.05) is 6.20 Å². The number of nitrogens with zero attached hydrogens (tertiary/aromatic N) is 1. The van der Waals surface area contributed by atoms with Gasteiger partial charge in [-0.2, -0.15) is 0 Å². The Labute approximate surface area is 104 Å². The number of hydrogen-bond acceptors (Lipinski definition) is 1. The van der Waals surface area contributed by atoms with Crippen LogP contribution in [0.15, 0.2) is 12.8 Å². The minimum atomic E-state index is -0.409. The van der Waals surface area contributed by atoms with E-state index in [0.717, 1.165) is 36.0 Å². The van der Waals surface area contributed by atoms with Crippen LogP contribution in [0.5, 0.6) is 0 Å². The number of alkyl halides is 1. The second-order valence-electron chi connectivity index (χ2n) is 5.09. The summed E-state index contributed by atoms with van der Waals surface area (Å²) >= 11 is 5.70. The van der Waals surface area contributed by atoms with E-state index in [1.165, 1.54) is 12.8 Å². The molecule has 3 heteroatoms. The Hall–Kier alpha value is -0.0500. The highest BCUT2D eigenvalue weighted by molar-refractivity contribution is 6.18. The van der Waals surface area contributed by atoms with Gasteiger partial charge in [-0.15, -0.1) is 11.6 Å². The normalized spacial score (nSPS) is 36.2. The van der Waals surface area contributed by atoms with Crippen molar-refractivity contribution in [3.05, 3.63) is 12.8 Å². The monoisotopic (exact) mass is 246 g/mol. The molecule has 1 aliphatic heterocycles. The number of aliphatic hydroxyl groups excluding tert-OH is 1. The van der Waals surface area contributed by atoms with Crippen molar-refractivity contribution < 1.29 is 9.59 Å². The zero-order chi connectivity index (χ0) is 12.2. The van der Waals surface area contributed by atoms with Gasteiger partial charge in [-0.3, -0.25) is 4.48 Å². The first-order valence-electron chi connectivity index (χ1n) is 6.34. The second-order valence-corrected chi connectivity index (χ2v) is 5.40. The molecule has 1 heterocycles. The summed E-state index contributed by atoms with van der Waals surface area (Å²) in [5.41, 5.74) is 0. The van der Waals surface area contributed by atoms with E-state index in [2.05, 4.69) is 20.4 Å². The van der Waals surface area contributed by atoms with Crippen LogP contribution in [0.1, 0.15) is 26.7 Å². The molecule has 2 nitrogen and oxygen atoms in total. The minimum absolute atomic E-state index is 0.321. The molecule has 0 bridgehead atoms. The largest absolute Gasteiger partial charge is 0.386 e. The van der Waals surface area contributed by atoms with Crippen LogP contribution < -0.4 is 0 Å². The number of rotatable bonds is 6. The van der Waals surface area contributed by atoms with Crippen LogP contribution in [0.25, 0.3) is 0 Å². The Kier molecular flexibility index (Phi) is 5.29. The van der Waals surface area contributed by atoms with Crippen molar-refractivity contribution in [3.63, 3.8) is 0 Å². The lowest BCUT2D eigenvalue weighted by Crippen LogP contribution is -2.46. The van der Waals surface area contributed by atoms with E-state index in [9.17, 15) is 5.11 Å². The van der Waals surface area contributed by atoms with Crippen molar-refractivity contribution in [1.82, 2.24) is 0 Å². The molecule has 1 saturated heterocycles. The summed E-state index contributed by atoms with van der Waals surface area (Å²) in [5, 5.41) is 9.74. The third-order valence-electron chi connectivity index (χ3n) is 4.05. The smallest absolute Gasteiger partial charge is 0.117 e. The van der Waals surface area contributed by atoms with Crippen LogP contribution in [0.2, 0.25) is 0 Å². The van der Waals surface area contributed by atoms with E-state index in [0.29, 0.717) is 5.88 Å². The first-order valence-corrected chi connectivity index (χ1v) is 6.87. The van der Waals surface area contributed by atoms with E-state index < -0.39 is 6.10 Å². The maximum atomic E-state index is 9.74. The molecule has 1 aliphatic rings. The molecular weight excluding hydrogens is 222 g/mol. The number of hydrogen-bond donors (Lipinski definition) is 1. The fourth-order valence-electron chi connectivity index (χ4n) is 3.07. The van der Waals surface area contributed by atoms with Gasteiger partial charge in [0, 0.05) is 11.8 Å². The standard InChI is InChI=1S/C13H25ClNO/c1-4-11-8-15(6-3,9-12(11)5-2)10-13(16)7-14/h6,11-13,16H,3-5,7-10H2,1-2H3/q+1. The summed E-state index contributed by atoms with van der Waals surface area (Å²) in [6.45, 7) is 11.4. The van der Waals surface area contributed by atoms with Gasteiger partial charge in [0.2, 0.25) is 0 Å². The lowest BCUT2D eigenvalue weighted by atomic mass is 9.92. The van der Waals surface area contributed by atoms with Crippen LogP contribution in [-0.4, -0.2) is 41.2 Å². The van der Waals surface area contributed by atoms with Crippen LogP contribution in [0.3, 0.4) is 0 Å². The highest BCUT2D eigenvalue weighted by Crippen LogP contribution is 2.34. The van der Waals surface area contributed by atoms with Gasteiger partial charge < -0.3 is 5.11 Å². The van der Waals surface area contributed by atoms with Crippen LogP contribution in [-0.2, 0) is 0 Å². The SMILES string of the molecule is C=C[N+]1(CC(O)CCl)CC(CC)C(CC)C1. The lowest BCUT2D eigenvalue weighted by Gasteiger charge is -2.32. The predicted octanol–water partition coefficient (Wildman–Crippen LogP) is 2.61. The van der Waals surface area contributed by atoms with Crippen molar-refractivity contribution in [3.8, 4) is 0 Å². The lowest BCUT2D eigenvalue weighted by molar-refractivity contribution is -0.872. The van der Waals surface area contributed by atoms with Crippen LogP contribution >= 0.6 is 11.6 Å². The van der Waals surface area contributed by atoms with E-state index >= 15 is 0 Å². The van der Waals surface area contributed by atoms with Crippen molar-refractivity contribution >= 4 is 11.6 Å². The number of aliphatic hydroxyl groups is 1. The third-order valence-corrected chi connectivity index (χ3v) is 4.41. The average molecular weight is 247 g/mol. The Morgan fingerprint density at radius 3 is 2.19 bits per heavy atom. The van der Waals surface area contributed by atoms with Gasteiger partial charge in [0.25, 0.3) is 0 Å². The molecular formula is C13H25ClNO+. The first-order chi connectivity index (χ1) is 7.60. The Bertz CT molecular complexity index is 220. The topological polar surface area (TPSA) is 20.2 Å². The molecule has 1 fully saturated rings.